The highest BCUT2D eigenvalue weighted by Crippen LogP contribution is 2.26. The smallest absolute Gasteiger partial charge is 0.387 e. The summed E-state index contributed by atoms with van der Waals surface area (Å²) in [5.41, 5.74) is 5.13. The molecule has 0 aliphatic carbocycles. The number of hydrogen-bond acceptors (Lipinski definition) is 4. The molecular weight excluding hydrogens is 250 g/mol. The molecule has 1 aromatic heterocycles. The number of amides is 1. The maximum atomic E-state index is 12.0. The molecule has 0 aliphatic rings. The molecule has 0 spiro atoms. The molecule has 1 rings (SSSR count). The zero-order valence-electron chi connectivity index (χ0n) is 9.50. The molecule has 0 unspecified atom stereocenters. The first-order valence-corrected chi connectivity index (χ1v) is 5.77. The third-order valence-electron chi connectivity index (χ3n) is 1.76. The Kier molecular flexibility index (Phi) is 4.41. The van der Waals surface area contributed by atoms with Gasteiger partial charge in [-0.2, -0.15) is 8.78 Å². The lowest BCUT2D eigenvalue weighted by molar-refractivity contribution is -0.0498. The van der Waals surface area contributed by atoms with E-state index >= 15 is 0 Å². The van der Waals surface area contributed by atoms with Crippen molar-refractivity contribution in [3.63, 3.8) is 0 Å². The maximum Gasteiger partial charge on any atom is 0.387 e. The van der Waals surface area contributed by atoms with E-state index in [4.69, 9.17) is 5.73 Å². The highest BCUT2D eigenvalue weighted by Gasteiger charge is 2.19. The summed E-state index contributed by atoms with van der Waals surface area (Å²) in [7, 11) is 0. The highest BCUT2D eigenvalue weighted by molar-refractivity contribution is 7.12. The Morgan fingerprint density at radius 1 is 1.65 bits per heavy atom. The summed E-state index contributed by atoms with van der Waals surface area (Å²) < 4.78 is 28.3. The fourth-order valence-electron chi connectivity index (χ4n) is 1.04. The summed E-state index contributed by atoms with van der Waals surface area (Å²) in [4.78, 5) is 11.8. The van der Waals surface area contributed by atoms with Gasteiger partial charge in [0.05, 0.1) is 0 Å². The number of ether oxygens (including phenoxy) is 1. The van der Waals surface area contributed by atoms with Crippen molar-refractivity contribution in [1.82, 2.24) is 5.32 Å². The van der Waals surface area contributed by atoms with Crippen LogP contribution < -0.4 is 15.8 Å². The zero-order valence-corrected chi connectivity index (χ0v) is 10.3. The van der Waals surface area contributed by atoms with E-state index < -0.39 is 18.1 Å². The summed E-state index contributed by atoms with van der Waals surface area (Å²) in [5, 5.41) is 4.07. The Hall–Kier alpha value is -1.21. The SMILES string of the molecule is CC(C)(N)CNC(=O)c1sccc1OC(F)F. The van der Waals surface area contributed by atoms with Crippen LogP contribution in [0.1, 0.15) is 23.5 Å². The van der Waals surface area contributed by atoms with Crippen molar-refractivity contribution in [2.24, 2.45) is 5.73 Å². The molecule has 0 aromatic carbocycles. The van der Waals surface area contributed by atoms with Crippen LogP contribution in [0.25, 0.3) is 0 Å². The van der Waals surface area contributed by atoms with E-state index in [1.807, 2.05) is 0 Å². The Morgan fingerprint density at radius 2 is 2.29 bits per heavy atom. The van der Waals surface area contributed by atoms with E-state index in [-0.39, 0.29) is 17.2 Å². The fourth-order valence-corrected chi connectivity index (χ4v) is 1.78. The van der Waals surface area contributed by atoms with Crippen LogP contribution in [0.4, 0.5) is 8.78 Å². The summed E-state index contributed by atoms with van der Waals surface area (Å²) in [6.07, 6.45) is 0. The number of alkyl halides is 2. The zero-order chi connectivity index (χ0) is 13.1. The van der Waals surface area contributed by atoms with E-state index in [0.29, 0.717) is 0 Å². The van der Waals surface area contributed by atoms with Gasteiger partial charge >= 0.3 is 6.61 Å². The molecule has 1 amide bonds. The summed E-state index contributed by atoms with van der Waals surface area (Å²) in [6, 6.07) is 1.33. The number of thiophene rings is 1. The van der Waals surface area contributed by atoms with Crippen LogP contribution in [0.2, 0.25) is 0 Å². The lowest BCUT2D eigenvalue weighted by atomic mass is 10.1. The molecule has 0 saturated heterocycles. The molecular formula is C10H14F2N2O2S. The highest BCUT2D eigenvalue weighted by atomic mass is 32.1. The third-order valence-corrected chi connectivity index (χ3v) is 2.65. The van der Waals surface area contributed by atoms with Crippen molar-refractivity contribution in [2.45, 2.75) is 26.0 Å². The van der Waals surface area contributed by atoms with E-state index in [1.165, 1.54) is 11.4 Å². The fraction of sp³-hybridized carbons (Fsp3) is 0.500. The lowest BCUT2D eigenvalue weighted by Gasteiger charge is -2.18. The third kappa shape index (κ3) is 4.66. The molecule has 0 bridgehead atoms. The molecule has 3 N–H and O–H groups in total. The number of hydrogen-bond donors (Lipinski definition) is 2. The van der Waals surface area contributed by atoms with E-state index in [2.05, 4.69) is 10.1 Å². The lowest BCUT2D eigenvalue weighted by Crippen LogP contribution is -2.45. The van der Waals surface area contributed by atoms with Crippen molar-refractivity contribution in [3.05, 3.63) is 16.3 Å². The Bertz CT molecular complexity index is 388. The minimum absolute atomic E-state index is 0.114. The Morgan fingerprint density at radius 3 is 2.82 bits per heavy atom. The second-order valence-electron chi connectivity index (χ2n) is 4.16. The summed E-state index contributed by atoms with van der Waals surface area (Å²) in [5.74, 6) is -0.577. The average Bonchev–Trinajstić information content (AvgIpc) is 2.60. The minimum Gasteiger partial charge on any atom is -0.433 e. The van der Waals surface area contributed by atoms with Crippen LogP contribution in [0.15, 0.2) is 11.4 Å². The van der Waals surface area contributed by atoms with E-state index in [0.717, 1.165) is 11.3 Å². The number of nitrogens with one attached hydrogen (secondary N) is 1. The van der Waals surface area contributed by atoms with E-state index in [1.54, 1.807) is 13.8 Å². The van der Waals surface area contributed by atoms with Crippen molar-refractivity contribution < 1.29 is 18.3 Å². The predicted molar refractivity (Wildman–Crippen MR) is 61.6 cm³/mol. The molecule has 0 fully saturated rings. The monoisotopic (exact) mass is 264 g/mol. The molecule has 0 aliphatic heterocycles. The molecule has 96 valence electrons. The normalized spacial score (nSPS) is 11.6. The molecule has 1 aromatic rings. The van der Waals surface area contributed by atoms with Crippen molar-refractivity contribution in [3.8, 4) is 5.75 Å². The van der Waals surface area contributed by atoms with Crippen LogP contribution in [0.3, 0.4) is 0 Å². The van der Waals surface area contributed by atoms with Gasteiger partial charge in [0, 0.05) is 12.1 Å². The minimum atomic E-state index is -2.94. The average molecular weight is 264 g/mol. The van der Waals surface area contributed by atoms with Gasteiger partial charge in [-0.25, -0.2) is 0 Å². The van der Waals surface area contributed by atoms with Gasteiger partial charge in [0.1, 0.15) is 10.6 Å². The van der Waals surface area contributed by atoms with Crippen LogP contribution in [0, 0.1) is 0 Å². The first-order chi connectivity index (χ1) is 7.79. The van der Waals surface area contributed by atoms with Crippen LogP contribution in [0.5, 0.6) is 5.75 Å². The molecule has 17 heavy (non-hydrogen) atoms. The van der Waals surface area contributed by atoms with Gasteiger partial charge in [0.2, 0.25) is 0 Å². The summed E-state index contributed by atoms with van der Waals surface area (Å²) in [6.45, 7) is 0.802. The standard InChI is InChI=1S/C10H14F2N2O2S/c1-10(2,13)5-14-8(15)7-6(3-4-17-7)16-9(11)12/h3-4,9H,5,13H2,1-2H3,(H,14,15). The summed E-state index contributed by atoms with van der Waals surface area (Å²) >= 11 is 1.04. The first-order valence-electron chi connectivity index (χ1n) is 4.89. The molecule has 1 heterocycles. The van der Waals surface area contributed by atoms with Crippen molar-refractivity contribution >= 4 is 17.2 Å². The molecule has 0 saturated carbocycles. The largest absolute Gasteiger partial charge is 0.433 e. The maximum absolute atomic E-state index is 12.0. The second-order valence-corrected chi connectivity index (χ2v) is 5.08. The topological polar surface area (TPSA) is 64.3 Å². The molecule has 0 radical (unpaired) electrons. The number of nitrogens with two attached hydrogens (primary N) is 1. The van der Waals surface area contributed by atoms with Crippen LogP contribution in [-0.4, -0.2) is 24.6 Å². The quantitative estimate of drug-likeness (QED) is 0.852. The van der Waals surface area contributed by atoms with Crippen LogP contribution in [-0.2, 0) is 0 Å². The first kappa shape index (κ1) is 13.9. The van der Waals surface area contributed by atoms with E-state index in [9.17, 15) is 13.6 Å². The van der Waals surface area contributed by atoms with Gasteiger partial charge in [-0.3, -0.25) is 4.79 Å². The van der Waals surface area contributed by atoms with Gasteiger partial charge in [-0.15, -0.1) is 11.3 Å². The van der Waals surface area contributed by atoms with Crippen LogP contribution >= 0.6 is 11.3 Å². The Labute approximate surface area is 102 Å². The number of rotatable bonds is 5. The van der Waals surface area contributed by atoms with Gasteiger partial charge in [-0.05, 0) is 25.3 Å². The molecule has 0 atom stereocenters. The van der Waals surface area contributed by atoms with Crippen molar-refractivity contribution in [1.29, 1.82) is 0 Å². The molecule has 7 heteroatoms. The number of halogens is 2. The van der Waals surface area contributed by atoms with Gasteiger partial charge in [0.25, 0.3) is 5.91 Å². The second kappa shape index (κ2) is 5.42. The van der Waals surface area contributed by atoms with Crippen molar-refractivity contribution in [2.75, 3.05) is 6.54 Å². The van der Waals surface area contributed by atoms with Gasteiger partial charge in [0.15, 0.2) is 0 Å². The number of carbonyl (C=O) groups excluding carboxylic acids is 1. The molecule has 4 nitrogen and oxygen atoms in total. The Balaban J connectivity index is 2.66. The van der Waals surface area contributed by atoms with Gasteiger partial charge in [-0.1, -0.05) is 0 Å². The van der Waals surface area contributed by atoms with Gasteiger partial charge < -0.3 is 15.8 Å². The predicted octanol–water partition coefficient (Wildman–Crippen LogP) is 1.82. The number of carbonyl (C=O) groups is 1.